The molecule has 0 saturated heterocycles. The molecule has 30 heavy (non-hydrogen) atoms. The summed E-state index contributed by atoms with van der Waals surface area (Å²) in [5.74, 6) is 1.25. The molecule has 0 radical (unpaired) electrons. The largest absolute Gasteiger partial charge is 0.150 e. The van der Waals surface area contributed by atoms with Crippen LogP contribution in [-0.2, 0) is 23.3 Å². The van der Waals surface area contributed by atoms with Crippen LogP contribution < -0.4 is 0 Å². The van der Waals surface area contributed by atoms with Crippen LogP contribution >= 0.6 is 0 Å². The molecule has 0 aliphatic carbocycles. The van der Waals surface area contributed by atoms with E-state index in [0.717, 1.165) is 0 Å². The first-order chi connectivity index (χ1) is 14.1. The number of benzene rings is 2. The molecule has 0 nitrogen and oxygen atoms in total. The summed E-state index contributed by atoms with van der Waals surface area (Å²) < 4.78 is 0. The average molecular weight is 492 g/mol. The second-order valence-corrected chi connectivity index (χ2v) is 18.3. The summed E-state index contributed by atoms with van der Waals surface area (Å²) in [6.45, 7) is 18.1. The van der Waals surface area contributed by atoms with Crippen LogP contribution in [-0.4, -0.2) is 5.43 Å². The minimum Gasteiger partial charge on any atom is -0.150 e. The first-order valence-corrected chi connectivity index (χ1v) is 17.1. The minimum atomic E-state index is 0.210. The van der Waals surface area contributed by atoms with Crippen LogP contribution in [0, 0.1) is 13.8 Å². The van der Waals surface area contributed by atoms with Gasteiger partial charge in [0.1, 0.15) is 0 Å². The molecule has 0 saturated carbocycles. The fourth-order valence-corrected chi connectivity index (χ4v) is 4.32. The third-order valence-electron chi connectivity index (χ3n) is 5.25. The molecule has 0 atom stereocenters. The van der Waals surface area contributed by atoms with Gasteiger partial charge in [0.25, 0.3) is 0 Å². The van der Waals surface area contributed by atoms with Gasteiger partial charge in [-0.05, 0) is 0 Å². The van der Waals surface area contributed by atoms with Crippen molar-refractivity contribution in [1.82, 2.24) is 0 Å². The van der Waals surface area contributed by atoms with Gasteiger partial charge in [0.15, 0.2) is 0 Å². The van der Waals surface area contributed by atoms with E-state index in [9.17, 15) is 0 Å². The van der Waals surface area contributed by atoms with E-state index < -0.39 is 0 Å². The van der Waals surface area contributed by atoms with Crippen molar-refractivity contribution >= 4 is 27.0 Å². The first kappa shape index (κ1) is 25.0. The molecular formula is C28H36SiZr. The van der Waals surface area contributed by atoms with E-state index in [1.807, 2.05) is 0 Å². The maximum atomic E-state index is 2.31. The van der Waals surface area contributed by atoms with E-state index in [1.165, 1.54) is 43.8 Å². The Morgan fingerprint density at radius 3 is 1.27 bits per heavy atom. The smallest absolute Gasteiger partial charge is 0.0576 e. The van der Waals surface area contributed by atoms with Gasteiger partial charge in [-0.2, -0.15) is 0 Å². The van der Waals surface area contributed by atoms with Gasteiger partial charge < -0.3 is 0 Å². The van der Waals surface area contributed by atoms with Crippen LogP contribution in [0.5, 0.6) is 0 Å². The van der Waals surface area contributed by atoms with Crippen molar-refractivity contribution in [3.8, 4) is 0 Å². The maximum Gasteiger partial charge on any atom is -0.0576 e. The normalized spacial score (nSPS) is 10.8. The van der Waals surface area contributed by atoms with E-state index in [-0.39, 0.29) is 5.43 Å². The third kappa shape index (κ3) is 6.38. The Bertz CT molecular complexity index is 1020. The molecule has 0 amide bonds. The molecule has 0 bridgehead atoms. The summed E-state index contributed by atoms with van der Waals surface area (Å²) >= 11 is 1.74. The van der Waals surface area contributed by atoms with Gasteiger partial charge in [-0.15, -0.1) is 92.3 Å². The van der Waals surface area contributed by atoms with E-state index >= 15 is 0 Å². The number of hydrogen-bond donors (Lipinski definition) is 0. The van der Waals surface area contributed by atoms with E-state index in [0.29, 0.717) is 11.8 Å². The first-order valence-electron chi connectivity index (χ1n) is 10.9. The second kappa shape index (κ2) is 11.4. The van der Waals surface area contributed by atoms with Gasteiger partial charge in [0.2, 0.25) is 0 Å². The standard InChI is InChI=1S/2C13H15.C2H6Si.Zr/c2*1-9(2)13-10(3)8-11-6-4-5-7-12(11)13;1-3-2;/h2*4-9H,1-3H3;1-2H3;/q2*-1;;+2. The van der Waals surface area contributed by atoms with Crippen molar-refractivity contribution < 1.29 is 23.3 Å². The van der Waals surface area contributed by atoms with Crippen molar-refractivity contribution in [3.63, 3.8) is 0 Å². The van der Waals surface area contributed by atoms with Gasteiger partial charge in [-0.3, -0.25) is 0 Å². The average Bonchev–Trinajstić information content (AvgIpc) is 3.16. The Balaban J connectivity index is 0.000000182. The Morgan fingerprint density at radius 2 is 0.967 bits per heavy atom. The maximum absolute atomic E-state index is 2.31. The Labute approximate surface area is 198 Å². The quantitative estimate of drug-likeness (QED) is 0.194. The van der Waals surface area contributed by atoms with Crippen molar-refractivity contribution in [3.05, 3.63) is 82.9 Å². The van der Waals surface area contributed by atoms with E-state index in [4.69, 9.17) is 0 Å². The zero-order chi connectivity index (χ0) is 22.4. The van der Waals surface area contributed by atoms with Crippen LogP contribution in [0.3, 0.4) is 0 Å². The molecule has 0 N–H and O–H groups in total. The molecule has 0 aliphatic rings. The Kier molecular flexibility index (Phi) is 9.51. The SMILES string of the molecule is C[Si](C)=[Zr+2].Cc1[cH-]c2ccccc2c1C(C)C.Cc1[cH-]c2ccccc2c1C(C)C. The van der Waals surface area contributed by atoms with Gasteiger partial charge >= 0.3 is 41.9 Å². The van der Waals surface area contributed by atoms with Crippen LogP contribution in [0.2, 0.25) is 13.1 Å². The summed E-state index contributed by atoms with van der Waals surface area (Å²) in [7, 11) is 0. The Morgan fingerprint density at radius 1 is 0.667 bits per heavy atom. The van der Waals surface area contributed by atoms with E-state index in [1.54, 1.807) is 23.3 Å². The molecule has 0 aliphatic heterocycles. The van der Waals surface area contributed by atoms with Crippen LogP contribution in [0.4, 0.5) is 0 Å². The van der Waals surface area contributed by atoms with Crippen molar-refractivity contribution in [1.29, 1.82) is 0 Å². The van der Waals surface area contributed by atoms with Crippen LogP contribution in [0.1, 0.15) is 61.8 Å². The van der Waals surface area contributed by atoms with Crippen molar-refractivity contribution in [2.75, 3.05) is 0 Å². The molecule has 4 aromatic carbocycles. The number of fused-ring (bicyclic) bond motifs is 2. The second-order valence-electron chi connectivity index (χ2n) is 8.97. The monoisotopic (exact) mass is 490 g/mol. The number of hydrogen-bond acceptors (Lipinski definition) is 0. The van der Waals surface area contributed by atoms with Crippen molar-refractivity contribution in [2.24, 2.45) is 0 Å². The summed E-state index contributed by atoms with van der Waals surface area (Å²) in [4.78, 5) is 0. The predicted molar refractivity (Wildman–Crippen MR) is 134 cm³/mol. The molecule has 2 heteroatoms. The fraction of sp³-hybridized carbons (Fsp3) is 0.357. The molecule has 4 rings (SSSR count). The summed E-state index contributed by atoms with van der Waals surface area (Å²) in [6, 6.07) is 21.8. The van der Waals surface area contributed by atoms with E-state index in [2.05, 4.69) is 115 Å². The molecule has 0 unspecified atom stereocenters. The summed E-state index contributed by atoms with van der Waals surface area (Å²) in [5.41, 5.74) is 6.08. The minimum absolute atomic E-state index is 0.210. The number of aryl methyl sites for hydroxylation is 2. The summed E-state index contributed by atoms with van der Waals surface area (Å²) in [5, 5.41) is 5.61. The Hall–Kier alpha value is -1.24. The topological polar surface area (TPSA) is 0 Å². The molecule has 4 aromatic rings. The van der Waals surface area contributed by atoms with Gasteiger partial charge in [0.05, 0.1) is 0 Å². The predicted octanol–water partition coefficient (Wildman–Crippen LogP) is 8.77. The van der Waals surface area contributed by atoms with Gasteiger partial charge in [-0.1, -0.05) is 65.5 Å². The molecule has 0 spiro atoms. The zero-order valence-corrected chi connectivity index (χ0v) is 23.4. The van der Waals surface area contributed by atoms with Crippen molar-refractivity contribution in [2.45, 2.75) is 66.5 Å². The molecule has 0 fully saturated rings. The van der Waals surface area contributed by atoms with Crippen LogP contribution in [0.15, 0.2) is 60.7 Å². The van der Waals surface area contributed by atoms with Gasteiger partial charge in [0, 0.05) is 0 Å². The van der Waals surface area contributed by atoms with Gasteiger partial charge in [-0.25, -0.2) is 0 Å². The fourth-order valence-electron chi connectivity index (χ4n) is 4.32. The zero-order valence-electron chi connectivity index (χ0n) is 19.9. The summed E-state index contributed by atoms with van der Waals surface area (Å²) in [6.07, 6.45) is 0. The molecule has 0 aromatic heterocycles. The third-order valence-corrected chi connectivity index (χ3v) is 5.25. The molecular weight excluding hydrogens is 456 g/mol. The van der Waals surface area contributed by atoms with Crippen LogP contribution in [0.25, 0.3) is 21.5 Å². The molecule has 0 heterocycles. The number of rotatable bonds is 2. The molecule has 156 valence electrons.